The van der Waals surface area contributed by atoms with Crippen LogP contribution in [0.4, 0.5) is 0 Å². The number of piperazine rings is 1. The van der Waals surface area contributed by atoms with E-state index in [1.807, 2.05) is 7.05 Å². The average molecular weight is 551 g/mol. The van der Waals surface area contributed by atoms with E-state index in [0.29, 0.717) is 56.1 Å². The molecule has 12 heteroatoms. The van der Waals surface area contributed by atoms with Crippen molar-refractivity contribution in [2.24, 2.45) is 0 Å². The Hall–Kier alpha value is -2.51. The maximum Gasteiger partial charge on any atom is 0.251 e. The Kier molecular flexibility index (Phi) is 8.86. The van der Waals surface area contributed by atoms with Crippen molar-refractivity contribution in [1.29, 1.82) is 0 Å². The van der Waals surface area contributed by atoms with Crippen LogP contribution in [-0.2, 0) is 25.8 Å². The van der Waals surface area contributed by atoms with Crippen LogP contribution in [0, 0.1) is 0 Å². The van der Waals surface area contributed by atoms with Crippen molar-refractivity contribution in [2.75, 3.05) is 59.5 Å². The standard InChI is InChI=1S/C25H34N4O6S2/c1-27-15-17-28(18-16-27)36(31,32)20-21-4-6-22(7-5-21)25(30)26-12-19-35-23-8-10-24(11-9-23)37(33,34)29-13-2-3-14-29/h4-11H,2-3,12-20H2,1H3,(H,26,30). The van der Waals surface area contributed by atoms with Crippen LogP contribution < -0.4 is 10.1 Å². The molecular weight excluding hydrogens is 516 g/mol. The molecule has 0 saturated carbocycles. The number of amides is 1. The number of rotatable bonds is 10. The van der Waals surface area contributed by atoms with E-state index in [1.54, 1.807) is 36.4 Å². The summed E-state index contributed by atoms with van der Waals surface area (Å²) in [6.07, 6.45) is 1.77. The van der Waals surface area contributed by atoms with E-state index in [2.05, 4.69) is 10.2 Å². The molecule has 0 unspecified atom stereocenters. The highest BCUT2D eigenvalue weighted by atomic mass is 32.2. The molecule has 0 aromatic heterocycles. The molecule has 2 aromatic rings. The van der Waals surface area contributed by atoms with Gasteiger partial charge in [-0.1, -0.05) is 12.1 Å². The van der Waals surface area contributed by atoms with Gasteiger partial charge >= 0.3 is 0 Å². The molecule has 2 heterocycles. The largest absolute Gasteiger partial charge is 0.492 e. The second-order valence-corrected chi connectivity index (χ2v) is 13.2. The highest BCUT2D eigenvalue weighted by molar-refractivity contribution is 7.89. The fraction of sp³-hybridized carbons (Fsp3) is 0.480. The third-order valence-corrected chi connectivity index (χ3v) is 10.4. The zero-order valence-electron chi connectivity index (χ0n) is 21.0. The molecule has 0 aliphatic carbocycles. The molecule has 0 bridgehead atoms. The van der Waals surface area contributed by atoms with Crippen molar-refractivity contribution in [3.63, 3.8) is 0 Å². The minimum absolute atomic E-state index is 0.0927. The minimum atomic E-state index is -3.46. The van der Waals surface area contributed by atoms with Crippen LogP contribution in [0.15, 0.2) is 53.4 Å². The van der Waals surface area contributed by atoms with Crippen LogP contribution in [0.2, 0.25) is 0 Å². The van der Waals surface area contributed by atoms with Crippen molar-refractivity contribution in [3.05, 3.63) is 59.7 Å². The van der Waals surface area contributed by atoms with E-state index in [9.17, 15) is 21.6 Å². The van der Waals surface area contributed by atoms with Gasteiger partial charge in [-0.2, -0.15) is 8.61 Å². The summed E-state index contributed by atoms with van der Waals surface area (Å²) in [5, 5.41) is 2.77. The monoisotopic (exact) mass is 550 g/mol. The molecule has 37 heavy (non-hydrogen) atoms. The lowest BCUT2D eigenvalue weighted by molar-refractivity contribution is 0.0947. The smallest absolute Gasteiger partial charge is 0.251 e. The van der Waals surface area contributed by atoms with E-state index in [4.69, 9.17) is 4.74 Å². The Morgan fingerprint density at radius 2 is 1.46 bits per heavy atom. The Morgan fingerprint density at radius 1 is 0.838 bits per heavy atom. The summed E-state index contributed by atoms with van der Waals surface area (Å²) in [4.78, 5) is 14.8. The van der Waals surface area contributed by atoms with E-state index in [0.717, 1.165) is 12.8 Å². The normalized spacial score (nSPS) is 18.1. The van der Waals surface area contributed by atoms with Crippen molar-refractivity contribution >= 4 is 26.0 Å². The van der Waals surface area contributed by atoms with Gasteiger partial charge in [0, 0.05) is 44.8 Å². The number of likely N-dealkylation sites (N-methyl/N-ethyl adjacent to an activating group) is 1. The van der Waals surface area contributed by atoms with Crippen LogP contribution in [-0.4, -0.2) is 95.7 Å². The summed E-state index contributed by atoms with van der Waals surface area (Å²) in [5.41, 5.74) is 1.06. The predicted molar refractivity (Wildman–Crippen MR) is 140 cm³/mol. The maximum absolute atomic E-state index is 12.7. The lowest BCUT2D eigenvalue weighted by Gasteiger charge is -2.31. The number of hydrogen-bond acceptors (Lipinski definition) is 7. The molecule has 202 valence electrons. The fourth-order valence-corrected chi connectivity index (χ4v) is 7.37. The van der Waals surface area contributed by atoms with Crippen molar-refractivity contribution < 1.29 is 26.4 Å². The lowest BCUT2D eigenvalue weighted by atomic mass is 10.1. The van der Waals surface area contributed by atoms with Crippen molar-refractivity contribution in [3.8, 4) is 5.75 Å². The van der Waals surface area contributed by atoms with Crippen LogP contribution >= 0.6 is 0 Å². The maximum atomic E-state index is 12.7. The molecule has 0 atom stereocenters. The number of nitrogens with zero attached hydrogens (tertiary/aromatic N) is 3. The molecule has 1 amide bonds. The molecule has 2 fully saturated rings. The second kappa shape index (κ2) is 11.9. The Labute approximate surface area is 219 Å². The van der Waals surface area contributed by atoms with Crippen LogP contribution in [0.25, 0.3) is 0 Å². The second-order valence-electron chi connectivity index (χ2n) is 9.34. The first-order chi connectivity index (χ1) is 17.6. The number of nitrogens with one attached hydrogen (secondary N) is 1. The van der Waals surface area contributed by atoms with Gasteiger partial charge in [0.2, 0.25) is 20.0 Å². The van der Waals surface area contributed by atoms with E-state index in [-0.39, 0.29) is 29.7 Å². The number of sulfonamides is 2. The van der Waals surface area contributed by atoms with Crippen molar-refractivity contribution in [1.82, 2.24) is 18.8 Å². The van der Waals surface area contributed by atoms with Gasteiger partial charge in [-0.15, -0.1) is 0 Å². The lowest BCUT2D eigenvalue weighted by Crippen LogP contribution is -2.47. The Bertz CT molecular complexity index is 1270. The van der Waals surface area contributed by atoms with Gasteiger partial charge in [0.15, 0.2) is 0 Å². The topological polar surface area (TPSA) is 116 Å². The zero-order chi connectivity index (χ0) is 26.5. The molecule has 4 rings (SSSR count). The van der Waals surface area contributed by atoms with Gasteiger partial charge < -0.3 is 15.0 Å². The van der Waals surface area contributed by atoms with Gasteiger partial charge in [-0.25, -0.2) is 16.8 Å². The van der Waals surface area contributed by atoms with Gasteiger partial charge in [0.05, 0.1) is 17.2 Å². The summed E-state index contributed by atoms with van der Waals surface area (Å²) in [6.45, 7) is 3.99. The van der Waals surface area contributed by atoms with Gasteiger partial charge in [-0.3, -0.25) is 4.79 Å². The number of benzene rings is 2. The molecule has 0 radical (unpaired) electrons. The summed E-state index contributed by atoms with van der Waals surface area (Å²) < 4.78 is 59.2. The quantitative estimate of drug-likeness (QED) is 0.444. The first-order valence-corrected chi connectivity index (χ1v) is 15.5. The third-order valence-electron chi connectivity index (χ3n) is 6.60. The minimum Gasteiger partial charge on any atom is -0.492 e. The highest BCUT2D eigenvalue weighted by Gasteiger charge is 2.27. The molecule has 2 saturated heterocycles. The highest BCUT2D eigenvalue weighted by Crippen LogP contribution is 2.23. The average Bonchev–Trinajstić information content (AvgIpc) is 3.43. The zero-order valence-corrected chi connectivity index (χ0v) is 22.6. The molecule has 0 spiro atoms. The Balaban J connectivity index is 1.21. The summed E-state index contributed by atoms with van der Waals surface area (Å²) in [6, 6.07) is 12.8. The van der Waals surface area contributed by atoms with Gasteiger partial charge in [0.25, 0.3) is 5.91 Å². The van der Waals surface area contributed by atoms with E-state index < -0.39 is 20.0 Å². The van der Waals surface area contributed by atoms with Gasteiger partial charge in [-0.05, 0) is 61.9 Å². The number of ether oxygens (including phenoxy) is 1. The molecule has 2 aromatic carbocycles. The van der Waals surface area contributed by atoms with Crippen molar-refractivity contribution in [2.45, 2.75) is 23.5 Å². The van der Waals surface area contributed by atoms with Crippen LogP contribution in [0.5, 0.6) is 5.75 Å². The summed E-state index contributed by atoms with van der Waals surface area (Å²) in [7, 11) is -4.89. The number of carbonyl (C=O) groups is 1. The Morgan fingerprint density at radius 3 is 2.08 bits per heavy atom. The molecule has 1 N–H and O–H groups in total. The van der Waals surface area contributed by atoms with E-state index >= 15 is 0 Å². The summed E-state index contributed by atoms with van der Waals surface area (Å²) >= 11 is 0. The number of hydrogen-bond donors (Lipinski definition) is 1. The third kappa shape index (κ3) is 7.08. The van der Waals surface area contributed by atoms with Crippen LogP contribution in [0.3, 0.4) is 0 Å². The first-order valence-electron chi connectivity index (χ1n) is 12.4. The van der Waals surface area contributed by atoms with Crippen LogP contribution in [0.1, 0.15) is 28.8 Å². The summed E-state index contributed by atoms with van der Waals surface area (Å²) in [5.74, 6) is 0.134. The predicted octanol–water partition coefficient (Wildman–Crippen LogP) is 1.36. The number of carbonyl (C=O) groups excluding carboxylic acids is 1. The first kappa shape index (κ1) is 27.5. The molecular formula is C25H34N4O6S2. The van der Waals surface area contributed by atoms with Gasteiger partial charge in [0.1, 0.15) is 12.4 Å². The fourth-order valence-electron chi connectivity index (χ4n) is 4.34. The van der Waals surface area contributed by atoms with E-state index in [1.165, 1.54) is 20.7 Å². The molecule has 2 aliphatic rings. The molecule has 10 nitrogen and oxygen atoms in total. The molecule has 2 aliphatic heterocycles. The SMILES string of the molecule is CN1CCN(S(=O)(=O)Cc2ccc(C(=O)NCCOc3ccc(S(=O)(=O)N4CCCC4)cc3)cc2)CC1.